The number of hydrogen-bond acceptors (Lipinski definition) is 6. The first kappa shape index (κ1) is 26.1. The highest BCUT2D eigenvalue weighted by Crippen LogP contribution is 2.44. The van der Waals surface area contributed by atoms with Gasteiger partial charge in [-0.15, -0.1) is 0 Å². The first-order valence-electron chi connectivity index (χ1n) is 12.9. The quantitative estimate of drug-likeness (QED) is 0.528. The summed E-state index contributed by atoms with van der Waals surface area (Å²) in [5.41, 5.74) is 1.29. The number of hydrogen-bond donors (Lipinski definition) is 1. The molecule has 0 aromatic heterocycles. The molecule has 8 nitrogen and oxygen atoms in total. The highest BCUT2D eigenvalue weighted by molar-refractivity contribution is 5.89. The Morgan fingerprint density at radius 2 is 1.72 bits per heavy atom. The molecule has 0 unspecified atom stereocenters. The van der Waals surface area contributed by atoms with Crippen molar-refractivity contribution in [2.75, 3.05) is 57.9 Å². The van der Waals surface area contributed by atoms with Crippen LogP contribution in [0.1, 0.15) is 45.7 Å². The smallest absolute Gasteiger partial charge is 0.322 e. The van der Waals surface area contributed by atoms with Crippen LogP contribution in [0.2, 0.25) is 0 Å². The van der Waals surface area contributed by atoms with Gasteiger partial charge in [0, 0.05) is 43.9 Å². The molecule has 1 fully saturated rings. The summed E-state index contributed by atoms with van der Waals surface area (Å²) in [6.45, 7) is 13.8. The molecular weight excluding hydrogens is 458 g/mol. The summed E-state index contributed by atoms with van der Waals surface area (Å²) < 4.78 is 23.1. The van der Waals surface area contributed by atoms with E-state index < -0.39 is 5.60 Å². The van der Waals surface area contributed by atoms with E-state index in [4.69, 9.17) is 18.9 Å². The Kier molecular flexibility index (Phi) is 8.59. The Morgan fingerprint density at radius 3 is 2.42 bits per heavy atom. The number of nitrogens with zero attached hydrogens (tertiary/aromatic N) is 2. The second-order valence-electron chi connectivity index (χ2n) is 9.75. The van der Waals surface area contributed by atoms with E-state index in [1.807, 2.05) is 61.2 Å². The molecule has 2 aromatic rings. The summed E-state index contributed by atoms with van der Waals surface area (Å²) in [6, 6.07) is 13.1. The van der Waals surface area contributed by atoms with Crippen molar-refractivity contribution in [1.82, 2.24) is 9.80 Å². The van der Waals surface area contributed by atoms with Gasteiger partial charge in [0.15, 0.2) is 0 Å². The molecule has 0 aliphatic carbocycles. The third-order valence-electron chi connectivity index (χ3n) is 6.54. The van der Waals surface area contributed by atoms with Crippen molar-refractivity contribution in [2.45, 2.75) is 45.8 Å². The van der Waals surface area contributed by atoms with Gasteiger partial charge in [-0.25, -0.2) is 4.79 Å². The maximum absolute atomic E-state index is 13.8. The second kappa shape index (κ2) is 11.8. The zero-order valence-electron chi connectivity index (χ0n) is 21.9. The number of nitrogens with one attached hydrogen (secondary N) is 1. The van der Waals surface area contributed by atoms with Crippen LogP contribution in [0, 0.1) is 0 Å². The Morgan fingerprint density at radius 1 is 1.06 bits per heavy atom. The van der Waals surface area contributed by atoms with Crippen LogP contribution in [-0.2, 0) is 4.74 Å². The number of morpholine rings is 1. The minimum absolute atomic E-state index is 0.136. The number of benzene rings is 2. The van der Waals surface area contributed by atoms with Crippen molar-refractivity contribution >= 4 is 11.7 Å². The lowest BCUT2D eigenvalue weighted by atomic mass is 9.88. The fourth-order valence-corrected chi connectivity index (χ4v) is 4.80. The predicted molar refractivity (Wildman–Crippen MR) is 140 cm³/mol. The van der Waals surface area contributed by atoms with Crippen LogP contribution in [0.4, 0.5) is 10.5 Å². The first-order chi connectivity index (χ1) is 17.4. The van der Waals surface area contributed by atoms with E-state index >= 15 is 0 Å². The molecule has 196 valence electrons. The predicted octanol–water partition coefficient (Wildman–Crippen LogP) is 4.95. The van der Waals surface area contributed by atoms with E-state index in [1.165, 1.54) is 0 Å². The number of carbonyl (C=O) groups excluding carboxylic acids is 1. The van der Waals surface area contributed by atoms with Gasteiger partial charge < -0.3 is 29.2 Å². The number of anilines is 1. The molecule has 2 aliphatic heterocycles. The molecule has 36 heavy (non-hydrogen) atoms. The minimum Gasteiger partial charge on any atom is -0.494 e. The standard InChI is InChI=1S/C28H39N3O5/c1-5-34-22-9-7-21(8-10-22)29-27(32)31(14-13-30-15-17-33-18-16-30)25-20-28(3,4)36-26-12-11-23(35-6-2)19-24(25)26/h7-12,19,25H,5-6,13-18,20H2,1-4H3,(H,29,32)/t25-/m0/s1. The van der Waals surface area contributed by atoms with Gasteiger partial charge in [-0.3, -0.25) is 4.90 Å². The lowest BCUT2D eigenvalue weighted by molar-refractivity contribution is 0.0226. The molecule has 2 heterocycles. The third kappa shape index (κ3) is 6.62. The molecule has 0 bridgehead atoms. The maximum Gasteiger partial charge on any atom is 0.322 e. The summed E-state index contributed by atoms with van der Waals surface area (Å²) in [6.07, 6.45) is 0.676. The van der Waals surface area contributed by atoms with Crippen LogP contribution in [0.15, 0.2) is 42.5 Å². The number of fused-ring (bicyclic) bond motifs is 1. The number of ether oxygens (including phenoxy) is 4. The first-order valence-corrected chi connectivity index (χ1v) is 12.9. The fourth-order valence-electron chi connectivity index (χ4n) is 4.80. The zero-order chi connectivity index (χ0) is 25.5. The molecule has 8 heteroatoms. The lowest BCUT2D eigenvalue weighted by Gasteiger charge is -2.43. The molecule has 2 aromatic carbocycles. The number of urea groups is 1. The monoisotopic (exact) mass is 497 g/mol. The van der Waals surface area contributed by atoms with Crippen molar-refractivity contribution < 1.29 is 23.7 Å². The van der Waals surface area contributed by atoms with Gasteiger partial charge in [0.25, 0.3) is 0 Å². The van der Waals surface area contributed by atoms with Crippen LogP contribution in [0.25, 0.3) is 0 Å². The normalized spacial score (nSPS) is 19.1. The SMILES string of the molecule is CCOc1ccc(NC(=O)N(CCN2CCOCC2)[C@H]2CC(C)(C)Oc3ccc(OCC)cc32)cc1. The van der Waals surface area contributed by atoms with Crippen molar-refractivity contribution in [3.63, 3.8) is 0 Å². The van der Waals surface area contributed by atoms with Gasteiger partial charge in [0.05, 0.1) is 32.5 Å². The van der Waals surface area contributed by atoms with Crippen molar-refractivity contribution in [2.24, 2.45) is 0 Å². The fraction of sp³-hybridized carbons (Fsp3) is 0.536. The third-order valence-corrected chi connectivity index (χ3v) is 6.54. The summed E-state index contributed by atoms with van der Waals surface area (Å²) in [5.74, 6) is 2.36. The average Bonchev–Trinajstić information content (AvgIpc) is 2.86. The molecule has 0 saturated carbocycles. The maximum atomic E-state index is 13.8. The van der Waals surface area contributed by atoms with Crippen LogP contribution >= 0.6 is 0 Å². The van der Waals surface area contributed by atoms with Crippen LogP contribution in [0.3, 0.4) is 0 Å². The average molecular weight is 498 g/mol. The molecule has 1 saturated heterocycles. The number of rotatable bonds is 9. The lowest BCUT2D eigenvalue weighted by Crippen LogP contribution is -2.48. The van der Waals surface area contributed by atoms with Crippen LogP contribution in [-0.4, -0.2) is 74.0 Å². The Balaban J connectivity index is 1.61. The van der Waals surface area contributed by atoms with Crippen molar-refractivity contribution in [3.8, 4) is 17.2 Å². The van der Waals surface area contributed by atoms with E-state index in [-0.39, 0.29) is 12.1 Å². The topological polar surface area (TPSA) is 72.5 Å². The molecule has 0 radical (unpaired) electrons. The summed E-state index contributed by atoms with van der Waals surface area (Å²) in [5, 5.41) is 3.11. The van der Waals surface area contributed by atoms with E-state index in [9.17, 15) is 4.79 Å². The van der Waals surface area contributed by atoms with Gasteiger partial charge in [0.1, 0.15) is 22.8 Å². The number of amides is 2. The Hall–Kier alpha value is -2.97. The van der Waals surface area contributed by atoms with Gasteiger partial charge in [-0.05, 0) is 70.2 Å². The highest BCUT2D eigenvalue weighted by atomic mass is 16.5. The number of carbonyl (C=O) groups is 1. The van der Waals surface area contributed by atoms with Crippen molar-refractivity contribution in [3.05, 3.63) is 48.0 Å². The molecule has 1 N–H and O–H groups in total. The van der Waals surface area contributed by atoms with Gasteiger partial charge in [0.2, 0.25) is 0 Å². The summed E-state index contributed by atoms with van der Waals surface area (Å²) in [7, 11) is 0. The highest BCUT2D eigenvalue weighted by Gasteiger charge is 2.39. The van der Waals surface area contributed by atoms with Gasteiger partial charge in [-0.1, -0.05) is 0 Å². The molecular formula is C28H39N3O5. The Labute approximate surface area is 214 Å². The zero-order valence-corrected chi connectivity index (χ0v) is 21.9. The van der Waals surface area contributed by atoms with E-state index in [2.05, 4.69) is 24.1 Å². The molecule has 4 rings (SSSR count). The molecule has 0 spiro atoms. The molecule has 1 atom stereocenters. The van der Waals surface area contributed by atoms with E-state index in [0.29, 0.717) is 26.2 Å². The van der Waals surface area contributed by atoms with E-state index in [0.717, 1.165) is 61.3 Å². The van der Waals surface area contributed by atoms with Crippen molar-refractivity contribution in [1.29, 1.82) is 0 Å². The van der Waals surface area contributed by atoms with Crippen LogP contribution in [0.5, 0.6) is 17.2 Å². The largest absolute Gasteiger partial charge is 0.494 e. The second-order valence-corrected chi connectivity index (χ2v) is 9.75. The minimum atomic E-state index is -0.415. The molecule has 2 amide bonds. The molecule has 2 aliphatic rings. The van der Waals surface area contributed by atoms with Gasteiger partial charge >= 0.3 is 6.03 Å². The summed E-state index contributed by atoms with van der Waals surface area (Å²) in [4.78, 5) is 18.1. The van der Waals surface area contributed by atoms with Crippen LogP contribution < -0.4 is 19.5 Å². The van der Waals surface area contributed by atoms with E-state index in [1.54, 1.807) is 0 Å². The Bertz CT molecular complexity index is 1000. The summed E-state index contributed by atoms with van der Waals surface area (Å²) >= 11 is 0. The van der Waals surface area contributed by atoms with Gasteiger partial charge in [-0.2, -0.15) is 0 Å².